The number of nitrogens with one attached hydrogen (secondary N) is 7. The third-order valence-corrected chi connectivity index (χ3v) is 12.7. The van der Waals surface area contributed by atoms with E-state index in [0.717, 1.165) is 16.5 Å². The number of amides is 8. The van der Waals surface area contributed by atoms with Gasteiger partial charge in [0.25, 0.3) is 0 Å². The molecule has 4 rings (SSSR count). The minimum atomic E-state index is -1.71. The normalized spacial score (nSPS) is 21.1. The highest BCUT2D eigenvalue weighted by Gasteiger charge is 2.35. The van der Waals surface area contributed by atoms with Gasteiger partial charge in [-0.3, -0.25) is 57.9 Å². The van der Waals surface area contributed by atoms with Crippen LogP contribution in [-0.2, 0) is 60.8 Å². The number of carbonyl (C=O) groups excluding carboxylic acids is 10. The lowest BCUT2D eigenvalue weighted by atomic mass is 9.83. The molecule has 412 valence electrons. The number of hydrogen-bond donors (Lipinski definition) is 13. The molecule has 8 amide bonds. The molecule has 1 fully saturated rings. The van der Waals surface area contributed by atoms with Crippen molar-refractivity contribution in [2.24, 2.45) is 56.2 Å². The Morgan fingerprint density at radius 3 is 2.11 bits per heavy atom. The highest BCUT2D eigenvalue weighted by Crippen LogP contribution is 2.26. The molecule has 3 aromatic rings. The SMILES string of the molecule is CC(=O)N[C@@H](CCCN=C(N)N)C(=O)N[C@H]1CCCNC(=O)CC[C@@H](C(N)=O)NC(=O)[C@H](Cc2c[nH]c3ccccc23)CC(=O)[C@H](CCCN=C(N)N)CC(=O)[C@@H](Cc2cccc(C)c2)NC(=O)[C@H](CC(N)=O)NC1=O. The van der Waals surface area contributed by atoms with E-state index in [0.29, 0.717) is 11.1 Å². The van der Waals surface area contributed by atoms with Crippen molar-refractivity contribution in [1.82, 2.24) is 36.9 Å². The maximum atomic E-state index is 14.8. The van der Waals surface area contributed by atoms with Gasteiger partial charge in [-0.1, -0.05) is 48.0 Å². The second kappa shape index (κ2) is 30.1. The van der Waals surface area contributed by atoms with Crippen LogP contribution in [-0.4, -0.2) is 126 Å². The molecule has 7 atom stereocenters. The van der Waals surface area contributed by atoms with Crippen molar-refractivity contribution in [3.8, 4) is 0 Å². The fraction of sp³-hybridized carbons (Fsp3) is 0.490. The van der Waals surface area contributed by atoms with E-state index in [1.165, 1.54) is 6.92 Å². The molecule has 76 heavy (non-hydrogen) atoms. The molecule has 25 nitrogen and oxygen atoms in total. The summed E-state index contributed by atoms with van der Waals surface area (Å²) in [5.41, 5.74) is 36.3. The third kappa shape index (κ3) is 20.5. The van der Waals surface area contributed by atoms with Crippen LogP contribution in [0.25, 0.3) is 10.9 Å². The van der Waals surface area contributed by atoms with Gasteiger partial charge < -0.3 is 71.3 Å². The molecule has 1 aromatic heterocycles. The molecule has 25 heteroatoms. The average Bonchev–Trinajstić information content (AvgIpc) is 3.76. The number of aromatic nitrogens is 1. The highest BCUT2D eigenvalue weighted by molar-refractivity contribution is 5.99. The Morgan fingerprint density at radius 2 is 1.43 bits per heavy atom. The summed E-state index contributed by atoms with van der Waals surface area (Å²) < 4.78 is 0. The number of hydrogen-bond acceptors (Lipinski definition) is 12. The Morgan fingerprint density at radius 1 is 0.750 bits per heavy atom. The summed E-state index contributed by atoms with van der Waals surface area (Å²) in [7, 11) is 0. The Hall–Kier alpha value is -8.38. The van der Waals surface area contributed by atoms with Crippen LogP contribution >= 0.6 is 0 Å². The smallest absolute Gasteiger partial charge is 0.243 e. The van der Waals surface area contributed by atoms with Crippen molar-refractivity contribution < 1.29 is 47.9 Å². The number of aromatic amines is 1. The summed E-state index contributed by atoms with van der Waals surface area (Å²) in [4.78, 5) is 148. The zero-order valence-electron chi connectivity index (χ0n) is 43.0. The number of aliphatic imine (C=N–C) groups is 2. The van der Waals surface area contributed by atoms with Gasteiger partial charge in [0.2, 0.25) is 47.3 Å². The van der Waals surface area contributed by atoms with Gasteiger partial charge in [0.1, 0.15) is 30.0 Å². The van der Waals surface area contributed by atoms with Gasteiger partial charge in [-0.25, -0.2) is 0 Å². The van der Waals surface area contributed by atoms with Crippen LogP contribution in [0.2, 0.25) is 0 Å². The van der Waals surface area contributed by atoms with Crippen LogP contribution in [0.4, 0.5) is 0 Å². The summed E-state index contributed by atoms with van der Waals surface area (Å²) in [6, 6.07) is 7.38. The molecule has 2 heterocycles. The van der Waals surface area contributed by atoms with Crippen LogP contribution in [0.5, 0.6) is 0 Å². The summed E-state index contributed by atoms with van der Waals surface area (Å²) >= 11 is 0. The number of aryl methyl sites for hydroxylation is 1. The second-order valence-electron chi connectivity index (χ2n) is 19.0. The number of nitrogens with two attached hydrogens (primary N) is 6. The van der Waals surface area contributed by atoms with Gasteiger partial charge in [-0.15, -0.1) is 0 Å². The molecular formula is C51H73N15O10. The molecule has 1 aliphatic rings. The number of H-pyrrole nitrogens is 1. The fourth-order valence-electron chi connectivity index (χ4n) is 8.85. The maximum absolute atomic E-state index is 14.8. The molecule has 0 spiro atoms. The maximum Gasteiger partial charge on any atom is 0.243 e. The highest BCUT2D eigenvalue weighted by atomic mass is 16.2. The first-order valence-corrected chi connectivity index (χ1v) is 25.2. The molecule has 2 aromatic carbocycles. The van der Waals surface area contributed by atoms with E-state index in [9.17, 15) is 47.9 Å². The Balaban J connectivity index is 1.79. The number of primary amides is 2. The van der Waals surface area contributed by atoms with E-state index >= 15 is 0 Å². The number of para-hydroxylation sites is 1. The van der Waals surface area contributed by atoms with Gasteiger partial charge in [-0.2, -0.15) is 0 Å². The number of nitrogens with zero attached hydrogens (tertiary/aromatic N) is 2. The van der Waals surface area contributed by atoms with E-state index in [1.807, 2.05) is 37.3 Å². The van der Waals surface area contributed by atoms with Gasteiger partial charge in [-0.05, 0) is 81.9 Å². The largest absolute Gasteiger partial charge is 0.370 e. The lowest BCUT2D eigenvalue weighted by Crippen LogP contribution is -2.58. The first-order valence-electron chi connectivity index (χ1n) is 25.2. The number of fused-ring (bicyclic) bond motifs is 1. The average molecular weight is 1060 g/mol. The monoisotopic (exact) mass is 1060 g/mol. The molecule has 1 aliphatic heterocycles. The number of rotatable bonds is 18. The summed E-state index contributed by atoms with van der Waals surface area (Å²) in [5.74, 6) is -10.3. The predicted molar refractivity (Wildman–Crippen MR) is 283 cm³/mol. The first-order chi connectivity index (χ1) is 36.1. The summed E-state index contributed by atoms with van der Waals surface area (Å²) in [6.07, 6.45) is -0.131. The number of carbonyl (C=O) groups is 10. The Labute approximate surface area is 440 Å². The number of Topliss-reactive ketones (excluding diaryl/α,β-unsaturated/α-hetero) is 2. The number of guanidine groups is 2. The first kappa shape index (κ1) is 60.2. The number of ketones is 2. The van der Waals surface area contributed by atoms with Gasteiger partial charge >= 0.3 is 0 Å². The molecule has 0 aliphatic carbocycles. The molecule has 1 saturated heterocycles. The van der Waals surface area contributed by atoms with Crippen molar-refractivity contribution in [3.05, 3.63) is 71.4 Å². The lowest BCUT2D eigenvalue weighted by molar-refractivity contribution is -0.136. The molecule has 0 saturated carbocycles. The molecule has 0 radical (unpaired) electrons. The standard InChI is InChI=1S/C51H73N15O10/c1-28-9-5-10-30(21-28)22-39-42(69)24-31(11-6-19-59-50(54)55)41(68)25-32(23-33-27-61-35-13-4-3-12-34(33)35)46(73)63-36(45(53)72)16-17-44(71)58-18-7-15-38(48(75)66-40(26-43(52)70)49(76)65-39)64-47(74)37(62-29(2)67)14-8-20-60-51(56)57/h3-5,9-10,12-13,21,27,31-32,36-40,61H,6-8,11,14-20,22-26H2,1-2H3,(H2,52,70)(H2,53,72)(H,58,71)(H,62,67)(H,63,73)(H,64,74)(H,65,76)(H,66,75)(H4,54,55,59)(H4,56,57,60)/t31-,32-,36+,37+,38+,39-,40+/m1/s1. The van der Waals surface area contributed by atoms with Crippen molar-refractivity contribution >= 4 is 81.6 Å². The second-order valence-corrected chi connectivity index (χ2v) is 19.0. The molecule has 0 unspecified atom stereocenters. The number of benzene rings is 2. The van der Waals surface area contributed by atoms with Crippen LogP contribution in [0.1, 0.15) is 94.2 Å². The van der Waals surface area contributed by atoms with Crippen LogP contribution in [0.15, 0.2) is 64.7 Å². The predicted octanol–water partition coefficient (Wildman–Crippen LogP) is -1.99. The Kier molecular flexibility index (Phi) is 23.8. The van der Waals surface area contributed by atoms with Gasteiger partial charge in [0, 0.05) is 74.8 Å². The van der Waals surface area contributed by atoms with E-state index in [4.69, 9.17) is 34.4 Å². The molecular weight excluding hydrogens is 983 g/mol. The van der Waals surface area contributed by atoms with Crippen molar-refractivity contribution in [2.75, 3.05) is 19.6 Å². The summed E-state index contributed by atoms with van der Waals surface area (Å²) in [6.45, 7) is 3.14. The third-order valence-electron chi connectivity index (χ3n) is 12.7. The van der Waals surface area contributed by atoms with Crippen molar-refractivity contribution in [1.29, 1.82) is 0 Å². The van der Waals surface area contributed by atoms with Crippen molar-refractivity contribution in [2.45, 2.75) is 128 Å². The Bertz CT molecular complexity index is 2630. The fourth-order valence-corrected chi connectivity index (χ4v) is 8.85. The molecule has 0 bridgehead atoms. The van der Waals surface area contributed by atoms with E-state index in [-0.39, 0.29) is 95.8 Å². The van der Waals surface area contributed by atoms with Crippen LogP contribution in [0.3, 0.4) is 0 Å². The lowest BCUT2D eigenvalue weighted by Gasteiger charge is -2.27. The van der Waals surface area contributed by atoms with Crippen LogP contribution in [0, 0.1) is 18.8 Å². The minimum Gasteiger partial charge on any atom is -0.370 e. The van der Waals surface area contributed by atoms with E-state index < -0.39 is 120 Å². The van der Waals surface area contributed by atoms with E-state index in [2.05, 4.69) is 46.9 Å². The quantitative estimate of drug-likeness (QED) is 0.0373. The zero-order chi connectivity index (χ0) is 55.9. The summed E-state index contributed by atoms with van der Waals surface area (Å²) in [5, 5.41) is 16.4. The van der Waals surface area contributed by atoms with Gasteiger partial charge in [0.15, 0.2) is 17.7 Å². The molecule has 19 N–H and O–H groups in total. The topological polar surface area (TPSA) is 440 Å². The van der Waals surface area contributed by atoms with Crippen LogP contribution < -0.4 is 66.3 Å². The van der Waals surface area contributed by atoms with E-state index in [1.54, 1.807) is 24.4 Å². The zero-order valence-corrected chi connectivity index (χ0v) is 43.0. The van der Waals surface area contributed by atoms with Crippen molar-refractivity contribution in [3.63, 3.8) is 0 Å². The van der Waals surface area contributed by atoms with Gasteiger partial charge in [0.05, 0.1) is 12.5 Å². The minimum absolute atomic E-state index is 0.00992.